The molecule has 6 heteroatoms. The van der Waals surface area contributed by atoms with Gasteiger partial charge in [0.2, 0.25) is 0 Å². The summed E-state index contributed by atoms with van der Waals surface area (Å²) in [6, 6.07) is 1.36. The Labute approximate surface area is 81.4 Å². The Bertz CT molecular complexity index is 475. The van der Waals surface area contributed by atoms with E-state index >= 15 is 0 Å². The lowest BCUT2D eigenvalue weighted by atomic mass is 10.1. The normalized spacial score (nSPS) is 11.6. The molecular weight excluding hydrogens is 208 g/mol. The fourth-order valence-corrected chi connectivity index (χ4v) is 2.07. The summed E-state index contributed by atoms with van der Waals surface area (Å²) < 4.78 is 30.4. The van der Waals surface area contributed by atoms with Crippen molar-refractivity contribution in [1.82, 2.24) is 0 Å². The molecule has 0 unspecified atom stereocenters. The summed E-state index contributed by atoms with van der Waals surface area (Å²) >= 11 is 0. The second kappa shape index (κ2) is 3.14. The molecule has 0 saturated heterocycles. The second-order valence-electron chi connectivity index (χ2n) is 3.01. The van der Waals surface area contributed by atoms with Gasteiger partial charge in [0.05, 0.1) is 0 Å². The van der Waals surface area contributed by atoms with Crippen LogP contribution in [0.3, 0.4) is 0 Å². The highest BCUT2D eigenvalue weighted by atomic mass is 32.2. The van der Waals surface area contributed by atoms with Gasteiger partial charge in [0.15, 0.2) is 11.5 Å². The third-order valence-corrected chi connectivity index (χ3v) is 2.89. The number of aryl methyl sites for hydroxylation is 2. The molecule has 1 aromatic rings. The minimum absolute atomic E-state index is 0.181. The fraction of sp³-hybridized carbons (Fsp3) is 0.250. The van der Waals surface area contributed by atoms with Gasteiger partial charge in [-0.1, -0.05) is 6.07 Å². The lowest BCUT2D eigenvalue weighted by molar-refractivity contribution is 0.385. The van der Waals surface area contributed by atoms with E-state index in [1.54, 1.807) is 0 Å². The van der Waals surface area contributed by atoms with E-state index in [1.165, 1.54) is 19.9 Å². The summed E-state index contributed by atoms with van der Waals surface area (Å²) in [4.78, 5) is -0.652. The van der Waals surface area contributed by atoms with E-state index in [1.807, 2.05) is 0 Å². The molecule has 0 radical (unpaired) electrons. The van der Waals surface area contributed by atoms with E-state index in [0.29, 0.717) is 5.56 Å². The zero-order valence-electron chi connectivity index (χ0n) is 7.64. The van der Waals surface area contributed by atoms with Gasteiger partial charge in [-0.05, 0) is 25.0 Å². The highest BCUT2D eigenvalue weighted by Gasteiger charge is 2.22. The number of hydrogen-bond acceptors (Lipinski definition) is 4. The standard InChI is InChI=1S/C8H10O5S/c1-4-3-5(2)8(14(11,12)13)7(10)6(4)9/h3,9-10H,1-2H3,(H,11,12,13). The molecule has 0 amide bonds. The molecule has 0 atom stereocenters. The predicted molar refractivity (Wildman–Crippen MR) is 49.1 cm³/mol. The molecule has 0 aliphatic rings. The predicted octanol–water partition coefficient (Wildman–Crippen LogP) is 0.961. The first kappa shape index (κ1) is 10.8. The minimum atomic E-state index is -4.51. The highest BCUT2D eigenvalue weighted by molar-refractivity contribution is 7.86. The summed E-state index contributed by atoms with van der Waals surface area (Å²) in [6.07, 6.45) is 0. The van der Waals surface area contributed by atoms with Gasteiger partial charge in [-0.15, -0.1) is 0 Å². The van der Waals surface area contributed by atoms with Crippen LogP contribution in [0, 0.1) is 13.8 Å². The summed E-state index contributed by atoms with van der Waals surface area (Å²) in [5.41, 5.74) is 0.521. The lowest BCUT2D eigenvalue weighted by Gasteiger charge is -2.09. The number of aromatic hydroxyl groups is 2. The van der Waals surface area contributed by atoms with Gasteiger partial charge >= 0.3 is 0 Å². The number of hydrogen-bond donors (Lipinski definition) is 3. The number of phenolic OH excluding ortho intramolecular Hbond substituents is 2. The maximum absolute atomic E-state index is 10.8. The molecule has 0 aliphatic carbocycles. The molecule has 0 saturated carbocycles. The summed E-state index contributed by atoms with van der Waals surface area (Å²) in [6.45, 7) is 2.92. The van der Waals surface area contributed by atoms with Crippen molar-refractivity contribution in [2.75, 3.05) is 0 Å². The molecule has 0 aliphatic heterocycles. The Morgan fingerprint density at radius 2 is 1.57 bits per heavy atom. The van der Waals surface area contributed by atoms with Gasteiger partial charge < -0.3 is 10.2 Å². The van der Waals surface area contributed by atoms with Crippen LogP contribution in [0.1, 0.15) is 11.1 Å². The number of phenols is 2. The number of benzene rings is 1. The molecule has 1 rings (SSSR count). The van der Waals surface area contributed by atoms with Crippen LogP contribution in [-0.2, 0) is 10.1 Å². The molecule has 0 spiro atoms. The van der Waals surface area contributed by atoms with Crippen LogP contribution < -0.4 is 0 Å². The molecular formula is C8H10O5S. The summed E-state index contributed by atoms with van der Waals surface area (Å²) in [5.74, 6) is -1.35. The van der Waals surface area contributed by atoms with Crippen molar-refractivity contribution in [3.63, 3.8) is 0 Å². The molecule has 3 N–H and O–H groups in total. The third kappa shape index (κ3) is 1.66. The van der Waals surface area contributed by atoms with Crippen LogP contribution in [0.5, 0.6) is 11.5 Å². The van der Waals surface area contributed by atoms with Crippen molar-refractivity contribution in [3.8, 4) is 11.5 Å². The van der Waals surface area contributed by atoms with Crippen LogP contribution in [0.4, 0.5) is 0 Å². The van der Waals surface area contributed by atoms with Crippen molar-refractivity contribution >= 4 is 10.1 Å². The molecule has 1 aromatic carbocycles. The lowest BCUT2D eigenvalue weighted by Crippen LogP contribution is -2.02. The second-order valence-corrected chi connectivity index (χ2v) is 4.37. The fourth-order valence-electron chi connectivity index (χ4n) is 1.27. The quantitative estimate of drug-likeness (QED) is 0.482. The van der Waals surface area contributed by atoms with Gasteiger partial charge in [0, 0.05) is 0 Å². The van der Waals surface area contributed by atoms with Crippen LogP contribution in [0.2, 0.25) is 0 Å². The molecule has 0 bridgehead atoms. The van der Waals surface area contributed by atoms with Gasteiger partial charge in [-0.3, -0.25) is 4.55 Å². The Morgan fingerprint density at radius 3 is 2.00 bits per heavy atom. The highest BCUT2D eigenvalue weighted by Crippen LogP contribution is 2.37. The first-order valence-corrected chi connectivity index (χ1v) is 5.18. The van der Waals surface area contributed by atoms with Crippen LogP contribution >= 0.6 is 0 Å². The van der Waals surface area contributed by atoms with E-state index in [0.717, 1.165) is 0 Å². The SMILES string of the molecule is Cc1cc(C)c(S(=O)(=O)O)c(O)c1O. The monoisotopic (exact) mass is 218 g/mol. The zero-order chi connectivity index (χ0) is 11.1. The number of rotatable bonds is 1. The van der Waals surface area contributed by atoms with E-state index in [-0.39, 0.29) is 5.56 Å². The average Bonchev–Trinajstić information content (AvgIpc) is 1.97. The maximum Gasteiger partial charge on any atom is 0.298 e. The molecule has 14 heavy (non-hydrogen) atoms. The van der Waals surface area contributed by atoms with E-state index in [4.69, 9.17) is 4.55 Å². The third-order valence-electron chi connectivity index (χ3n) is 1.86. The smallest absolute Gasteiger partial charge is 0.298 e. The van der Waals surface area contributed by atoms with Crippen LogP contribution in [0.15, 0.2) is 11.0 Å². The van der Waals surface area contributed by atoms with E-state index < -0.39 is 26.5 Å². The Balaban J connectivity index is 3.70. The Kier molecular flexibility index (Phi) is 2.43. The van der Waals surface area contributed by atoms with Crippen molar-refractivity contribution in [3.05, 3.63) is 17.2 Å². The molecule has 78 valence electrons. The molecule has 0 heterocycles. The Morgan fingerprint density at radius 1 is 1.07 bits per heavy atom. The topological polar surface area (TPSA) is 94.8 Å². The van der Waals surface area contributed by atoms with Gasteiger partial charge in [0.25, 0.3) is 10.1 Å². The molecule has 0 aromatic heterocycles. The maximum atomic E-state index is 10.8. The van der Waals surface area contributed by atoms with Crippen molar-refractivity contribution in [2.24, 2.45) is 0 Å². The molecule has 0 fully saturated rings. The minimum Gasteiger partial charge on any atom is -0.504 e. The van der Waals surface area contributed by atoms with Crippen molar-refractivity contribution < 1.29 is 23.2 Å². The largest absolute Gasteiger partial charge is 0.504 e. The van der Waals surface area contributed by atoms with Gasteiger partial charge in [-0.25, -0.2) is 0 Å². The Hall–Kier alpha value is -1.27. The van der Waals surface area contributed by atoms with Crippen molar-refractivity contribution in [1.29, 1.82) is 0 Å². The van der Waals surface area contributed by atoms with Gasteiger partial charge in [0.1, 0.15) is 4.90 Å². The summed E-state index contributed by atoms with van der Waals surface area (Å²) in [7, 11) is -4.51. The first-order valence-electron chi connectivity index (χ1n) is 3.74. The van der Waals surface area contributed by atoms with E-state index in [9.17, 15) is 18.6 Å². The van der Waals surface area contributed by atoms with E-state index in [2.05, 4.69) is 0 Å². The molecule has 5 nitrogen and oxygen atoms in total. The van der Waals surface area contributed by atoms with Crippen LogP contribution in [-0.4, -0.2) is 23.2 Å². The average molecular weight is 218 g/mol. The first-order chi connectivity index (χ1) is 6.25. The summed E-state index contributed by atoms with van der Waals surface area (Å²) in [5, 5.41) is 18.6. The zero-order valence-corrected chi connectivity index (χ0v) is 8.46. The van der Waals surface area contributed by atoms with Crippen molar-refractivity contribution in [2.45, 2.75) is 18.7 Å². The van der Waals surface area contributed by atoms with Crippen LogP contribution in [0.25, 0.3) is 0 Å². The van der Waals surface area contributed by atoms with Gasteiger partial charge in [-0.2, -0.15) is 8.42 Å².